The molecule has 0 aliphatic carbocycles. The van der Waals surface area contributed by atoms with E-state index < -0.39 is 28.5 Å². The smallest absolute Gasteiger partial charge is 0.264 e. The van der Waals surface area contributed by atoms with Crippen molar-refractivity contribution in [2.45, 2.75) is 37.8 Å². The highest BCUT2D eigenvalue weighted by Gasteiger charge is 2.35. The number of ether oxygens (including phenoxy) is 2. The number of nitrogens with zero attached hydrogens (tertiary/aromatic N) is 2. The van der Waals surface area contributed by atoms with Gasteiger partial charge in [-0.3, -0.25) is 13.9 Å². The van der Waals surface area contributed by atoms with Crippen LogP contribution in [-0.4, -0.2) is 58.5 Å². The molecular weight excluding hydrogens is 589 g/mol. The minimum atomic E-state index is -4.28. The van der Waals surface area contributed by atoms with E-state index in [0.717, 1.165) is 4.31 Å². The Kier molecular flexibility index (Phi) is 11.3. The molecule has 0 aliphatic heterocycles. The Balaban J connectivity index is 2.16. The van der Waals surface area contributed by atoms with E-state index in [4.69, 9.17) is 32.7 Å². The number of anilines is 1. The van der Waals surface area contributed by atoms with Gasteiger partial charge in [-0.2, -0.15) is 0 Å². The summed E-state index contributed by atoms with van der Waals surface area (Å²) in [6, 6.07) is 16.3. The maximum absolute atomic E-state index is 14.1. The van der Waals surface area contributed by atoms with Crippen LogP contribution in [0, 0.1) is 0 Å². The molecule has 12 heteroatoms. The molecule has 0 radical (unpaired) electrons. The number of carbonyl (C=O) groups is 2. The molecular formula is C29H33Cl2N3O6S. The van der Waals surface area contributed by atoms with Gasteiger partial charge in [0.1, 0.15) is 24.1 Å². The highest BCUT2D eigenvalue weighted by Crippen LogP contribution is 2.36. The zero-order chi connectivity index (χ0) is 30.2. The van der Waals surface area contributed by atoms with Crippen molar-refractivity contribution in [2.75, 3.05) is 31.6 Å². The molecule has 41 heavy (non-hydrogen) atoms. The number of hydrogen-bond donors (Lipinski definition) is 1. The second-order valence-electron chi connectivity index (χ2n) is 8.94. The molecule has 3 rings (SSSR count). The van der Waals surface area contributed by atoms with E-state index in [-0.39, 0.29) is 35.2 Å². The Morgan fingerprint density at radius 3 is 2.24 bits per heavy atom. The Hall–Kier alpha value is -3.47. The summed E-state index contributed by atoms with van der Waals surface area (Å²) in [5, 5.41) is 3.48. The first kappa shape index (κ1) is 32.0. The molecule has 3 aromatic carbocycles. The van der Waals surface area contributed by atoms with Crippen molar-refractivity contribution < 1.29 is 27.5 Å². The minimum Gasteiger partial charge on any atom is -0.497 e. The van der Waals surface area contributed by atoms with E-state index in [1.165, 1.54) is 37.3 Å². The zero-order valence-corrected chi connectivity index (χ0v) is 25.6. The molecule has 0 saturated heterocycles. The van der Waals surface area contributed by atoms with Crippen molar-refractivity contribution in [1.29, 1.82) is 0 Å². The van der Waals surface area contributed by atoms with E-state index in [2.05, 4.69) is 5.32 Å². The normalized spacial score (nSPS) is 11.9. The van der Waals surface area contributed by atoms with E-state index in [1.807, 2.05) is 0 Å². The van der Waals surface area contributed by atoms with Gasteiger partial charge in [-0.05, 0) is 55.3 Å². The average Bonchev–Trinajstić information content (AvgIpc) is 2.96. The largest absolute Gasteiger partial charge is 0.497 e. The van der Waals surface area contributed by atoms with Crippen molar-refractivity contribution in [1.82, 2.24) is 10.2 Å². The second kappa shape index (κ2) is 14.4. The number of sulfonamides is 1. The number of nitrogens with one attached hydrogen (secondary N) is 1. The number of carbonyl (C=O) groups excluding carboxylic acids is 2. The maximum Gasteiger partial charge on any atom is 0.264 e. The predicted molar refractivity (Wildman–Crippen MR) is 160 cm³/mol. The Labute approximate surface area is 251 Å². The lowest BCUT2D eigenvalue weighted by molar-refractivity contribution is -0.140. The fourth-order valence-electron chi connectivity index (χ4n) is 4.27. The van der Waals surface area contributed by atoms with Gasteiger partial charge >= 0.3 is 0 Å². The van der Waals surface area contributed by atoms with E-state index >= 15 is 0 Å². The third-order valence-electron chi connectivity index (χ3n) is 6.36. The lowest BCUT2D eigenvalue weighted by Crippen LogP contribution is -2.52. The topological polar surface area (TPSA) is 105 Å². The van der Waals surface area contributed by atoms with Gasteiger partial charge in [0.25, 0.3) is 10.0 Å². The summed E-state index contributed by atoms with van der Waals surface area (Å²) in [4.78, 5) is 28.5. The molecule has 3 aromatic rings. The molecule has 2 amide bonds. The van der Waals surface area contributed by atoms with Crippen LogP contribution in [0.2, 0.25) is 10.0 Å². The second-order valence-corrected chi connectivity index (χ2v) is 11.6. The van der Waals surface area contributed by atoms with Crippen molar-refractivity contribution in [2.24, 2.45) is 0 Å². The first-order chi connectivity index (χ1) is 19.6. The SMILES string of the molecule is CCNC(=O)C(CC)N(Cc1ccc(Cl)cc1Cl)C(=O)CN(c1cc(OC)ccc1OC)S(=O)(=O)c1ccccc1. The zero-order valence-electron chi connectivity index (χ0n) is 23.3. The summed E-state index contributed by atoms with van der Waals surface area (Å²) in [6.07, 6.45) is 0.275. The summed E-state index contributed by atoms with van der Waals surface area (Å²) in [7, 11) is -1.44. The molecule has 220 valence electrons. The number of halogens is 2. The number of amides is 2. The third-order valence-corrected chi connectivity index (χ3v) is 8.72. The van der Waals surface area contributed by atoms with Crippen molar-refractivity contribution in [3.8, 4) is 11.5 Å². The molecule has 1 atom stereocenters. The Bertz CT molecular complexity index is 1470. The molecule has 0 heterocycles. The summed E-state index contributed by atoms with van der Waals surface area (Å²) in [6.45, 7) is 3.21. The van der Waals surface area contributed by atoms with Crippen LogP contribution >= 0.6 is 23.2 Å². The number of hydrogen-bond acceptors (Lipinski definition) is 6. The molecule has 0 fully saturated rings. The van der Waals surface area contributed by atoms with Crippen molar-refractivity contribution in [3.05, 3.63) is 82.3 Å². The lowest BCUT2D eigenvalue weighted by atomic mass is 10.1. The monoisotopic (exact) mass is 621 g/mol. The number of methoxy groups -OCH3 is 2. The molecule has 0 spiro atoms. The summed E-state index contributed by atoms with van der Waals surface area (Å²) < 4.78 is 39.8. The Morgan fingerprint density at radius 2 is 1.66 bits per heavy atom. The van der Waals surface area contributed by atoms with Crippen LogP contribution in [0.4, 0.5) is 5.69 Å². The fourth-order valence-corrected chi connectivity index (χ4v) is 6.18. The number of likely N-dealkylation sites (N-methyl/N-ethyl adjacent to an activating group) is 1. The van der Waals surface area contributed by atoms with Gasteiger partial charge in [-0.25, -0.2) is 8.42 Å². The van der Waals surface area contributed by atoms with Crippen LogP contribution in [0.5, 0.6) is 11.5 Å². The lowest BCUT2D eigenvalue weighted by Gasteiger charge is -2.33. The van der Waals surface area contributed by atoms with Gasteiger partial charge in [0.15, 0.2) is 0 Å². The molecule has 0 saturated carbocycles. The predicted octanol–water partition coefficient (Wildman–Crippen LogP) is 5.15. The maximum atomic E-state index is 14.1. The first-order valence-electron chi connectivity index (χ1n) is 12.9. The molecule has 0 aromatic heterocycles. The van der Waals surface area contributed by atoms with Gasteiger partial charge in [0.2, 0.25) is 11.8 Å². The standard InChI is InChI=1S/C29H33Cl2N3O6S/c1-5-25(29(36)32-6-2)33(18-20-12-13-21(30)16-24(20)31)28(35)19-34(41(37,38)23-10-8-7-9-11-23)26-17-22(39-3)14-15-27(26)40-4/h7-17,25H,5-6,18-19H2,1-4H3,(H,32,36). The quantitative estimate of drug-likeness (QED) is 0.283. The molecule has 9 nitrogen and oxygen atoms in total. The summed E-state index contributed by atoms with van der Waals surface area (Å²) >= 11 is 12.5. The average molecular weight is 623 g/mol. The summed E-state index contributed by atoms with van der Waals surface area (Å²) in [5.74, 6) is -0.426. The highest BCUT2D eigenvalue weighted by atomic mass is 35.5. The first-order valence-corrected chi connectivity index (χ1v) is 15.1. The van der Waals surface area contributed by atoms with E-state index in [9.17, 15) is 18.0 Å². The van der Waals surface area contributed by atoms with Crippen LogP contribution in [-0.2, 0) is 26.2 Å². The highest BCUT2D eigenvalue weighted by molar-refractivity contribution is 7.92. The van der Waals surface area contributed by atoms with Crippen LogP contribution < -0.4 is 19.1 Å². The van der Waals surface area contributed by atoms with E-state index in [1.54, 1.807) is 62.4 Å². The van der Waals surface area contributed by atoms with Crippen LogP contribution in [0.3, 0.4) is 0 Å². The molecule has 0 aliphatic rings. The number of benzene rings is 3. The van der Waals surface area contributed by atoms with E-state index in [0.29, 0.717) is 27.9 Å². The van der Waals surface area contributed by atoms with Gasteiger partial charge in [0.05, 0.1) is 24.8 Å². The van der Waals surface area contributed by atoms with Gasteiger partial charge in [-0.1, -0.05) is 54.4 Å². The molecule has 1 N–H and O–H groups in total. The van der Waals surface area contributed by atoms with Crippen LogP contribution in [0.25, 0.3) is 0 Å². The minimum absolute atomic E-state index is 0.0271. The Morgan fingerprint density at radius 1 is 0.951 bits per heavy atom. The van der Waals surface area contributed by atoms with Gasteiger partial charge < -0.3 is 19.7 Å². The fraction of sp³-hybridized carbons (Fsp3) is 0.310. The van der Waals surface area contributed by atoms with Crippen molar-refractivity contribution >= 4 is 50.7 Å². The van der Waals surface area contributed by atoms with Gasteiger partial charge in [-0.15, -0.1) is 0 Å². The molecule has 1 unspecified atom stereocenters. The summed E-state index contributed by atoms with van der Waals surface area (Å²) in [5.41, 5.74) is 0.642. The third kappa shape index (κ3) is 7.63. The van der Waals surface area contributed by atoms with Crippen LogP contribution in [0.15, 0.2) is 71.6 Å². The van der Waals surface area contributed by atoms with Crippen molar-refractivity contribution in [3.63, 3.8) is 0 Å². The molecule has 0 bridgehead atoms. The van der Waals surface area contributed by atoms with Crippen LogP contribution in [0.1, 0.15) is 25.8 Å². The number of rotatable bonds is 13. The van der Waals surface area contributed by atoms with Gasteiger partial charge in [0, 0.05) is 29.2 Å².